The fraction of sp³-hybridized carbons (Fsp3) is 0.379. The van der Waals surface area contributed by atoms with Gasteiger partial charge in [0.2, 0.25) is 0 Å². The van der Waals surface area contributed by atoms with Gasteiger partial charge in [0.1, 0.15) is 0 Å². The second-order valence-corrected chi connectivity index (χ2v) is 8.49. The van der Waals surface area contributed by atoms with E-state index >= 15 is 0 Å². The Hall–Kier alpha value is -2.34. The number of hydrogen-bond acceptors (Lipinski definition) is 0. The summed E-state index contributed by atoms with van der Waals surface area (Å²) in [5.74, 6) is 2.61. The van der Waals surface area contributed by atoms with E-state index in [0.29, 0.717) is 0 Å². The summed E-state index contributed by atoms with van der Waals surface area (Å²) in [4.78, 5) is 0. The minimum absolute atomic E-state index is 0.747. The van der Waals surface area contributed by atoms with Gasteiger partial charge in [-0.2, -0.15) is 0 Å². The third kappa shape index (κ3) is 6.32. The number of hydrogen-bond donors (Lipinski definition) is 0. The topological polar surface area (TPSA) is 0 Å². The highest BCUT2D eigenvalue weighted by atomic mass is 14.3. The van der Waals surface area contributed by atoms with Gasteiger partial charge in [-0.25, -0.2) is 0 Å². The van der Waals surface area contributed by atoms with Crippen molar-refractivity contribution < 1.29 is 0 Å². The summed E-state index contributed by atoms with van der Waals surface area (Å²) in [7, 11) is 0. The first-order chi connectivity index (χ1) is 14.3. The van der Waals surface area contributed by atoms with Gasteiger partial charge in [0.05, 0.1) is 0 Å². The van der Waals surface area contributed by atoms with E-state index in [-0.39, 0.29) is 0 Å². The van der Waals surface area contributed by atoms with Crippen molar-refractivity contribution in [2.24, 2.45) is 11.8 Å². The molecule has 0 radical (unpaired) electrons. The molecule has 0 aromatic heterocycles. The standard InChI is InChI=1S/C23H30.C6H6/c1-3-9-18(2)19-14-16-21(17-15-19)23-13-8-7-12-22(23)20-10-5-4-6-11-20;1-2-4-6-5-3-1/h4-8,10-13,18-19,21H,3,9,14-17H2,1-2H3;1-6H. The van der Waals surface area contributed by atoms with Gasteiger partial charge in [-0.15, -0.1) is 0 Å². The monoisotopic (exact) mass is 384 g/mol. The van der Waals surface area contributed by atoms with Gasteiger partial charge in [0, 0.05) is 0 Å². The Morgan fingerprint density at radius 2 is 1.21 bits per heavy atom. The van der Waals surface area contributed by atoms with Crippen LogP contribution in [0.1, 0.15) is 63.9 Å². The quantitative estimate of drug-likeness (QED) is 0.412. The Morgan fingerprint density at radius 3 is 1.79 bits per heavy atom. The predicted octanol–water partition coefficient (Wildman–Crippen LogP) is 8.75. The van der Waals surface area contributed by atoms with Crippen LogP contribution in [-0.4, -0.2) is 0 Å². The largest absolute Gasteiger partial charge is 0.0654 e. The molecule has 0 bridgehead atoms. The fourth-order valence-corrected chi connectivity index (χ4v) is 4.81. The molecule has 1 saturated carbocycles. The first kappa shape index (κ1) is 21.4. The molecule has 3 aromatic rings. The maximum absolute atomic E-state index is 2.46. The number of benzene rings is 3. The van der Waals surface area contributed by atoms with E-state index in [1.165, 1.54) is 49.7 Å². The molecule has 1 aliphatic carbocycles. The first-order valence-electron chi connectivity index (χ1n) is 11.4. The van der Waals surface area contributed by atoms with Crippen molar-refractivity contribution in [3.8, 4) is 11.1 Å². The van der Waals surface area contributed by atoms with Crippen molar-refractivity contribution in [2.45, 2.75) is 58.3 Å². The maximum Gasteiger partial charge on any atom is -0.0149 e. The summed E-state index contributed by atoms with van der Waals surface area (Å²) in [6, 6.07) is 32.0. The second kappa shape index (κ2) is 11.6. The molecule has 0 saturated heterocycles. The lowest BCUT2D eigenvalue weighted by Crippen LogP contribution is -2.19. The Morgan fingerprint density at radius 1 is 0.690 bits per heavy atom. The summed E-state index contributed by atoms with van der Waals surface area (Å²) in [5.41, 5.74) is 4.38. The first-order valence-corrected chi connectivity index (χ1v) is 11.4. The lowest BCUT2D eigenvalue weighted by Gasteiger charge is -2.33. The summed E-state index contributed by atoms with van der Waals surface area (Å²) in [5, 5.41) is 0. The Kier molecular flexibility index (Phi) is 8.56. The third-order valence-corrected chi connectivity index (χ3v) is 6.47. The zero-order valence-electron chi connectivity index (χ0n) is 18.1. The fourth-order valence-electron chi connectivity index (χ4n) is 4.81. The van der Waals surface area contributed by atoms with Crippen LogP contribution in [-0.2, 0) is 0 Å². The predicted molar refractivity (Wildman–Crippen MR) is 127 cm³/mol. The van der Waals surface area contributed by atoms with Gasteiger partial charge in [-0.3, -0.25) is 0 Å². The molecule has 3 aromatic carbocycles. The van der Waals surface area contributed by atoms with Crippen LogP contribution in [0.3, 0.4) is 0 Å². The molecule has 0 spiro atoms. The molecule has 0 nitrogen and oxygen atoms in total. The highest BCUT2D eigenvalue weighted by Gasteiger charge is 2.26. The molecule has 0 aliphatic heterocycles. The molecule has 1 aliphatic rings. The summed E-state index contributed by atoms with van der Waals surface area (Å²) < 4.78 is 0. The van der Waals surface area contributed by atoms with Gasteiger partial charge < -0.3 is 0 Å². The van der Waals surface area contributed by atoms with Crippen LogP contribution < -0.4 is 0 Å². The molecule has 4 rings (SSSR count). The Balaban J connectivity index is 0.000000343. The maximum atomic E-state index is 2.46. The minimum Gasteiger partial charge on any atom is -0.0654 e. The van der Waals surface area contributed by atoms with Crippen LogP contribution in [0.4, 0.5) is 0 Å². The number of rotatable bonds is 5. The van der Waals surface area contributed by atoms with E-state index in [1.807, 2.05) is 36.4 Å². The van der Waals surface area contributed by atoms with Crippen LogP contribution in [0, 0.1) is 11.8 Å². The van der Waals surface area contributed by atoms with Gasteiger partial charge >= 0.3 is 0 Å². The summed E-state index contributed by atoms with van der Waals surface area (Å²) in [6.45, 7) is 4.78. The van der Waals surface area contributed by atoms with Gasteiger partial charge in [-0.1, -0.05) is 118 Å². The van der Waals surface area contributed by atoms with E-state index in [9.17, 15) is 0 Å². The van der Waals surface area contributed by atoms with Crippen molar-refractivity contribution >= 4 is 0 Å². The molecule has 0 heterocycles. The molecule has 1 fully saturated rings. The van der Waals surface area contributed by atoms with Crippen LogP contribution in [0.25, 0.3) is 11.1 Å². The lowest BCUT2D eigenvalue weighted by atomic mass is 9.72. The smallest absolute Gasteiger partial charge is 0.0149 e. The van der Waals surface area contributed by atoms with Gasteiger partial charge in [-0.05, 0) is 60.1 Å². The highest BCUT2D eigenvalue weighted by Crippen LogP contribution is 2.42. The third-order valence-electron chi connectivity index (χ3n) is 6.47. The van der Waals surface area contributed by atoms with Crippen molar-refractivity contribution in [3.63, 3.8) is 0 Å². The molecule has 0 N–H and O–H groups in total. The molecular formula is C29H36. The highest BCUT2D eigenvalue weighted by molar-refractivity contribution is 5.68. The molecular weight excluding hydrogens is 348 g/mol. The van der Waals surface area contributed by atoms with Crippen LogP contribution >= 0.6 is 0 Å². The van der Waals surface area contributed by atoms with Crippen LogP contribution in [0.5, 0.6) is 0 Å². The second-order valence-electron chi connectivity index (χ2n) is 8.49. The van der Waals surface area contributed by atoms with Gasteiger partial charge in [0.15, 0.2) is 0 Å². The Bertz CT molecular complexity index is 771. The zero-order valence-corrected chi connectivity index (χ0v) is 18.1. The molecule has 0 heteroatoms. The van der Waals surface area contributed by atoms with Crippen LogP contribution in [0.15, 0.2) is 91.0 Å². The van der Waals surface area contributed by atoms with Crippen molar-refractivity contribution in [1.82, 2.24) is 0 Å². The molecule has 0 amide bonds. The SMILES string of the molecule is CCCC(C)C1CCC(c2ccccc2-c2ccccc2)CC1.c1ccccc1. The van der Waals surface area contributed by atoms with E-state index in [1.54, 1.807) is 5.56 Å². The van der Waals surface area contributed by atoms with Gasteiger partial charge in [0.25, 0.3) is 0 Å². The molecule has 29 heavy (non-hydrogen) atoms. The molecule has 1 atom stereocenters. The van der Waals surface area contributed by atoms with E-state index < -0.39 is 0 Å². The van der Waals surface area contributed by atoms with E-state index in [4.69, 9.17) is 0 Å². The van der Waals surface area contributed by atoms with E-state index in [0.717, 1.165) is 17.8 Å². The zero-order chi connectivity index (χ0) is 20.3. The average molecular weight is 385 g/mol. The van der Waals surface area contributed by atoms with E-state index in [2.05, 4.69) is 68.4 Å². The summed E-state index contributed by atoms with van der Waals surface area (Å²) >= 11 is 0. The van der Waals surface area contributed by atoms with Crippen LogP contribution in [0.2, 0.25) is 0 Å². The normalized spacial score (nSPS) is 19.7. The Labute approximate surface area is 178 Å². The molecule has 152 valence electrons. The van der Waals surface area contributed by atoms with Crippen molar-refractivity contribution in [2.75, 3.05) is 0 Å². The lowest BCUT2D eigenvalue weighted by molar-refractivity contribution is 0.235. The molecule has 1 unspecified atom stereocenters. The summed E-state index contributed by atoms with van der Waals surface area (Å²) in [6.07, 6.45) is 8.28. The van der Waals surface area contributed by atoms with Crippen molar-refractivity contribution in [1.29, 1.82) is 0 Å². The van der Waals surface area contributed by atoms with Crippen molar-refractivity contribution in [3.05, 3.63) is 96.6 Å². The average Bonchev–Trinajstić information content (AvgIpc) is 2.81. The minimum atomic E-state index is 0.747.